The van der Waals surface area contributed by atoms with Crippen molar-refractivity contribution in [3.63, 3.8) is 0 Å². The molecule has 3 unspecified atom stereocenters. The van der Waals surface area contributed by atoms with Gasteiger partial charge in [0.15, 0.2) is 0 Å². The summed E-state index contributed by atoms with van der Waals surface area (Å²) in [6, 6.07) is -0.846. The van der Waals surface area contributed by atoms with Crippen molar-refractivity contribution in [3.05, 3.63) is 36.5 Å². The number of likely N-dealkylation sites (N-methyl/N-ethyl adjacent to an activating group) is 1. The van der Waals surface area contributed by atoms with Gasteiger partial charge in [0.2, 0.25) is 5.91 Å². The third kappa shape index (κ3) is 58.4. The summed E-state index contributed by atoms with van der Waals surface area (Å²) in [6.45, 7) is 4.86. The van der Waals surface area contributed by atoms with Gasteiger partial charge in [-0.3, -0.25) is 13.8 Å². The number of aliphatic hydroxyl groups is 1. The third-order valence-electron chi connectivity index (χ3n) is 14.9. The van der Waals surface area contributed by atoms with Crippen molar-refractivity contribution < 1.29 is 32.9 Å². The van der Waals surface area contributed by atoms with E-state index in [4.69, 9.17) is 9.05 Å². The maximum absolute atomic E-state index is 13.0. The van der Waals surface area contributed by atoms with Gasteiger partial charge in [-0.1, -0.05) is 301 Å². The number of carbonyl (C=O) groups excluding carboxylic acids is 1. The van der Waals surface area contributed by atoms with Crippen LogP contribution in [-0.4, -0.2) is 73.4 Å². The van der Waals surface area contributed by atoms with Crippen LogP contribution >= 0.6 is 7.82 Å². The molecule has 0 bridgehead atoms. The predicted octanol–water partition coefficient (Wildman–Crippen LogP) is 20.1. The van der Waals surface area contributed by atoms with Crippen molar-refractivity contribution in [3.8, 4) is 0 Å². The Hall–Kier alpha value is -1.28. The molecule has 0 fully saturated rings. The second kappa shape index (κ2) is 56.4. The molecule has 8 nitrogen and oxygen atoms in total. The van der Waals surface area contributed by atoms with E-state index in [0.29, 0.717) is 17.4 Å². The van der Waals surface area contributed by atoms with Gasteiger partial charge in [0.1, 0.15) is 13.2 Å². The maximum Gasteiger partial charge on any atom is 0.472 e. The minimum Gasteiger partial charge on any atom is -0.387 e. The Bertz CT molecular complexity index is 1300. The van der Waals surface area contributed by atoms with E-state index in [9.17, 15) is 19.4 Å². The molecule has 3 N–H and O–H groups in total. The zero-order valence-corrected chi connectivity index (χ0v) is 51.0. The van der Waals surface area contributed by atoms with Gasteiger partial charge >= 0.3 is 7.82 Å². The number of nitrogens with one attached hydrogen (secondary N) is 1. The molecule has 3 atom stereocenters. The number of phosphoric ester groups is 1. The summed E-state index contributed by atoms with van der Waals surface area (Å²) < 4.78 is 23.7. The SMILES string of the molecule is CCCCCCCCCCCCC/C=C\C/C=C\CCCCCCCCCCCCCCCCCCCC(=O)NC(COP(=O)(O)OCC[N+](C)(C)C)C(O)/C=C/CCCCCCCCCCCCCCCCC. The summed E-state index contributed by atoms with van der Waals surface area (Å²) in [7, 11) is 1.58. The van der Waals surface area contributed by atoms with Crippen LogP contribution in [0.15, 0.2) is 36.5 Å². The van der Waals surface area contributed by atoms with Gasteiger partial charge in [0.05, 0.1) is 39.9 Å². The normalized spacial score (nSPS) is 14.0. The Morgan fingerprint density at radius 3 is 1.11 bits per heavy atom. The van der Waals surface area contributed by atoms with Crippen molar-refractivity contribution in [2.24, 2.45) is 0 Å². The minimum atomic E-state index is -4.35. The van der Waals surface area contributed by atoms with E-state index < -0.39 is 20.0 Å². The molecule has 0 aromatic heterocycles. The predicted molar refractivity (Wildman–Crippen MR) is 323 cm³/mol. The molecule has 0 aromatic carbocycles. The Labute approximate surface area is 461 Å². The lowest BCUT2D eigenvalue weighted by Crippen LogP contribution is -2.45. The number of unbranched alkanes of at least 4 members (excludes halogenated alkanes) is 43. The fourth-order valence-electron chi connectivity index (χ4n) is 9.78. The van der Waals surface area contributed by atoms with Crippen LogP contribution in [0.5, 0.6) is 0 Å². The quantitative estimate of drug-likeness (QED) is 0.0243. The summed E-state index contributed by atoms with van der Waals surface area (Å²) in [5.41, 5.74) is 0. The van der Waals surface area contributed by atoms with Crippen LogP contribution in [0.4, 0.5) is 0 Å². The van der Waals surface area contributed by atoms with Gasteiger partial charge < -0.3 is 19.8 Å². The molecule has 0 heterocycles. The van der Waals surface area contributed by atoms with Crippen molar-refractivity contribution >= 4 is 13.7 Å². The molecule has 0 spiro atoms. The van der Waals surface area contributed by atoms with Crippen LogP contribution in [-0.2, 0) is 18.4 Å². The molecule has 0 radical (unpaired) electrons. The molecule has 0 aliphatic rings. The van der Waals surface area contributed by atoms with E-state index in [0.717, 1.165) is 44.9 Å². The van der Waals surface area contributed by atoms with Crippen LogP contribution in [0.3, 0.4) is 0 Å². The van der Waals surface area contributed by atoms with Crippen LogP contribution in [0.1, 0.15) is 322 Å². The first-order chi connectivity index (χ1) is 36.0. The molecule has 438 valence electrons. The summed E-state index contributed by atoms with van der Waals surface area (Å²) in [6.07, 6.45) is 74.2. The van der Waals surface area contributed by atoms with Crippen LogP contribution in [0.25, 0.3) is 0 Å². The number of aliphatic hydroxyl groups excluding tert-OH is 1. The topological polar surface area (TPSA) is 105 Å². The Kier molecular flexibility index (Phi) is 55.5. The van der Waals surface area contributed by atoms with Crippen molar-refractivity contribution in [1.29, 1.82) is 0 Å². The number of hydrogen-bond acceptors (Lipinski definition) is 5. The fourth-order valence-corrected chi connectivity index (χ4v) is 10.5. The van der Waals surface area contributed by atoms with Gasteiger partial charge in [-0.25, -0.2) is 4.57 Å². The zero-order chi connectivity index (χ0) is 54.2. The van der Waals surface area contributed by atoms with Crippen LogP contribution in [0.2, 0.25) is 0 Å². The lowest BCUT2D eigenvalue weighted by Gasteiger charge is -2.25. The summed E-state index contributed by atoms with van der Waals surface area (Å²) in [4.78, 5) is 23.3. The molecule has 0 aliphatic heterocycles. The van der Waals surface area contributed by atoms with Gasteiger partial charge in [-0.2, -0.15) is 0 Å². The van der Waals surface area contributed by atoms with E-state index in [1.807, 2.05) is 27.2 Å². The number of phosphoric acid groups is 1. The highest BCUT2D eigenvalue weighted by atomic mass is 31.2. The third-order valence-corrected chi connectivity index (χ3v) is 15.8. The average molecular weight is 1060 g/mol. The molecule has 1 amide bonds. The molecule has 0 aromatic rings. The lowest BCUT2D eigenvalue weighted by molar-refractivity contribution is -0.870. The monoisotopic (exact) mass is 1060 g/mol. The molecule has 9 heteroatoms. The van der Waals surface area contributed by atoms with Crippen LogP contribution in [0, 0.1) is 0 Å². The maximum atomic E-state index is 13.0. The first-order valence-electron chi connectivity index (χ1n) is 32.4. The Morgan fingerprint density at radius 1 is 0.459 bits per heavy atom. The molecule has 0 saturated heterocycles. The number of quaternary nitrogens is 1. The number of hydrogen-bond donors (Lipinski definition) is 3. The van der Waals surface area contributed by atoms with Gasteiger partial charge in [-0.05, 0) is 51.4 Å². The van der Waals surface area contributed by atoms with Crippen molar-refractivity contribution in [1.82, 2.24) is 5.32 Å². The van der Waals surface area contributed by atoms with E-state index >= 15 is 0 Å². The Balaban J connectivity index is 4.00. The lowest BCUT2D eigenvalue weighted by atomic mass is 10.0. The number of allylic oxidation sites excluding steroid dienone is 5. The first kappa shape index (κ1) is 72.7. The smallest absolute Gasteiger partial charge is 0.387 e. The zero-order valence-electron chi connectivity index (χ0n) is 50.1. The first-order valence-corrected chi connectivity index (χ1v) is 33.9. The molecular weight excluding hydrogens is 936 g/mol. The molecule has 0 aliphatic carbocycles. The number of carbonyl (C=O) groups is 1. The summed E-state index contributed by atoms with van der Waals surface area (Å²) in [5, 5.41) is 14.0. The summed E-state index contributed by atoms with van der Waals surface area (Å²) in [5.74, 6) is -0.172. The van der Waals surface area contributed by atoms with Gasteiger partial charge in [0.25, 0.3) is 0 Å². The minimum absolute atomic E-state index is 0.0630. The van der Waals surface area contributed by atoms with Gasteiger partial charge in [-0.15, -0.1) is 0 Å². The highest BCUT2D eigenvalue weighted by Gasteiger charge is 2.28. The number of nitrogens with zero attached hydrogens (tertiary/aromatic N) is 1. The molecule has 0 rings (SSSR count). The van der Waals surface area contributed by atoms with Crippen molar-refractivity contribution in [2.75, 3.05) is 40.9 Å². The van der Waals surface area contributed by atoms with Crippen LogP contribution < -0.4 is 5.32 Å². The van der Waals surface area contributed by atoms with Gasteiger partial charge in [0, 0.05) is 6.42 Å². The van der Waals surface area contributed by atoms with Crippen molar-refractivity contribution in [2.45, 2.75) is 334 Å². The fraction of sp³-hybridized carbons (Fsp3) is 0.892. The average Bonchev–Trinajstić information content (AvgIpc) is 3.36. The highest BCUT2D eigenvalue weighted by molar-refractivity contribution is 7.47. The Morgan fingerprint density at radius 2 is 0.770 bits per heavy atom. The second-order valence-corrected chi connectivity index (χ2v) is 24.9. The van der Waals surface area contributed by atoms with E-state index in [2.05, 4.69) is 43.5 Å². The molecule has 0 saturated carbocycles. The standard InChI is InChI=1S/C65H127N2O6P/c1-6-8-10-12-14-16-18-20-22-24-25-26-27-28-29-30-31-32-33-34-35-36-37-38-39-40-41-43-45-47-49-51-53-55-57-59-65(69)66-63(62-73-74(70,71)72-61-60-67(3,4)5)64(68)58-56-54-52-50-48-46-44-42-23-21-19-17-15-13-11-9-7-2/h27-28,30-31,56,58,63-64,68H,6-26,29,32-55,57,59-62H2,1-5H3,(H-,66,69,70,71)/p+1/b28-27-,31-30-,58-56+. The van der Waals surface area contributed by atoms with E-state index in [1.54, 1.807) is 6.08 Å². The second-order valence-electron chi connectivity index (χ2n) is 23.5. The van der Waals surface area contributed by atoms with E-state index in [1.165, 1.54) is 257 Å². The summed E-state index contributed by atoms with van der Waals surface area (Å²) >= 11 is 0. The number of rotatable bonds is 60. The highest BCUT2D eigenvalue weighted by Crippen LogP contribution is 2.43. The largest absolute Gasteiger partial charge is 0.472 e. The molecule has 74 heavy (non-hydrogen) atoms. The van der Waals surface area contributed by atoms with E-state index in [-0.39, 0.29) is 19.1 Å². The number of amides is 1. The molecular formula is C65H128N2O6P+.